The lowest BCUT2D eigenvalue weighted by molar-refractivity contribution is -0.113. The van der Waals surface area contributed by atoms with Crippen molar-refractivity contribution < 1.29 is 4.79 Å². The van der Waals surface area contributed by atoms with Crippen LogP contribution in [0.5, 0.6) is 0 Å². The Morgan fingerprint density at radius 1 is 0.914 bits per heavy atom. The van der Waals surface area contributed by atoms with Crippen LogP contribution in [0.25, 0.3) is 11.4 Å². The molecule has 0 aliphatic heterocycles. The molecule has 35 heavy (non-hydrogen) atoms. The SMILES string of the molecule is CC(C)c1cccc(C(C)C)c1NC(=O)CSc1nnc(-c2cccnc2)n1Cc1ccccc1. The van der Waals surface area contributed by atoms with E-state index >= 15 is 0 Å². The lowest BCUT2D eigenvalue weighted by Gasteiger charge is -2.20. The molecule has 0 radical (unpaired) electrons. The number of rotatable bonds is 9. The number of carbonyl (C=O) groups excluding carboxylic acids is 1. The van der Waals surface area contributed by atoms with E-state index in [9.17, 15) is 4.79 Å². The molecule has 7 heteroatoms. The molecule has 2 aromatic carbocycles. The van der Waals surface area contributed by atoms with Crippen LogP contribution in [0.1, 0.15) is 56.2 Å². The summed E-state index contributed by atoms with van der Waals surface area (Å²) in [5, 5.41) is 12.8. The Morgan fingerprint density at radius 2 is 1.63 bits per heavy atom. The van der Waals surface area contributed by atoms with Crippen molar-refractivity contribution in [2.75, 3.05) is 11.1 Å². The number of nitrogens with one attached hydrogen (secondary N) is 1. The van der Waals surface area contributed by atoms with E-state index in [2.05, 4.69) is 78.5 Å². The monoisotopic (exact) mass is 485 g/mol. The summed E-state index contributed by atoms with van der Waals surface area (Å²) in [4.78, 5) is 17.3. The number of thioether (sulfide) groups is 1. The molecule has 0 saturated heterocycles. The number of nitrogens with zero attached hydrogens (tertiary/aromatic N) is 4. The molecule has 4 aromatic rings. The van der Waals surface area contributed by atoms with Gasteiger partial charge in [-0.15, -0.1) is 10.2 Å². The number of anilines is 1. The zero-order chi connectivity index (χ0) is 24.8. The zero-order valence-electron chi connectivity index (χ0n) is 20.6. The first-order valence-corrected chi connectivity index (χ1v) is 12.9. The van der Waals surface area contributed by atoms with Crippen molar-refractivity contribution in [1.82, 2.24) is 19.7 Å². The number of hydrogen-bond donors (Lipinski definition) is 1. The molecule has 0 bridgehead atoms. The van der Waals surface area contributed by atoms with Crippen LogP contribution in [0.4, 0.5) is 5.69 Å². The van der Waals surface area contributed by atoms with E-state index in [1.54, 1.807) is 12.4 Å². The molecule has 2 heterocycles. The fraction of sp³-hybridized carbons (Fsp3) is 0.286. The van der Waals surface area contributed by atoms with E-state index in [0.29, 0.717) is 23.5 Å². The van der Waals surface area contributed by atoms with Gasteiger partial charge in [0.25, 0.3) is 0 Å². The van der Waals surface area contributed by atoms with Gasteiger partial charge in [0.1, 0.15) is 0 Å². The molecule has 0 saturated carbocycles. The van der Waals surface area contributed by atoms with Gasteiger partial charge in [-0.2, -0.15) is 0 Å². The first-order chi connectivity index (χ1) is 16.9. The highest BCUT2D eigenvalue weighted by Crippen LogP contribution is 2.33. The summed E-state index contributed by atoms with van der Waals surface area (Å²) in [7, 11) is 0. The van der Waals surface area contributed by atoms with Crippen LogP contribution < -0.4 is 5.32 Å². The maximum atomic E-state index is 13.1. The van der Waals surface area contributed by atoms with Crippen LogP contribution in [0.15, 0.2) is 78.2 Å². The maximum Gasteiger partial charge on any atom is 0.234 e. The van der Waals surface area contributed by atoms with Crippen LogP contribution in [-0.2, 0) is 11.3 Å². The second-order valence-corrected chi connectivity index (χ2v) is 10.0. The minimum absolute atomic E-state index is 0.0535. The molecule has 0 atom stereocenters. The topological polar surface area (TPSA) is 72.7 Å². The lowest BCUT2D eigenvalue weighted by Crippen LogP contribution is -2.18. The van der Waals surface area contributed by atoms with Crippen LogP contribution in [-0.4, -0.2) is 31.4 Å². The fourth-order valence-corrected chi connectivity index (χ4v) is 4.75. The van der Waals surface area contributed by atoms with Gasteiger partial charge < -0.3 is 5.32 Å². The first-order valence-electron chi connectivity index (χ1n) is 11.9. The fourth-order valence-electron chi connectivity index (χ4n) is 4.01. The molecule has 4 rings (SSSR count). The number of hydrogen-bond acceptors (Lipinski definition) is 5. The summed E-state index contributed by atoms with van der Waals surface area (Å²) in [6.45, 7) is 9.20. The molecule has 0 spiro atoms. The molecule has 1 amide bonds. The average molecular weight is 486 g/mol. The second kappa shape index (κ2) is 11.3. The molecule has 0 aliphatic rings. The van der Waals surface area contributed by atoms with Gasteiger partial charge in [-0.05, 0) is 40.7 Å². The quantitative estimate of drug-likeness (QED) is 0.279. The predicted molar refractivity (Wildman–Crippen MR) is 143 cm³/mol. The zero-order valence-corrected chi connectivity index (χ0v) is 21.4. The van der Waals surface area contributed by atoms with E-state index in [0.717, 1.165) is 33.8 Å². The molecule has 1 N–H and O–H groups in total. The summed E-state index contributed by atoms with van der Waals surface area (Å²) in [6, 6.07) is 20.3. The third kappa shape index (κ3) is 5.98. The normalized spacial score (nSPS) is 11.3. The van der Waals surface area contributed by atoms with Crippen molar-refractivity contribution in [3.05, 3.63) is 89.7 Å². The Hall–Kier alpha value is -3.45. The van der Waals surface area contributed by atoms with Crippen molar-refractivity contribution >= 4 is 23.4 Å². The largest absolute Gasteiger partial charge is 0.325 e. The average Bonchev–Trinajstić information content (AvgIpc) is 3.26. The van der Waals surface area contributed by atoms with E-state index < -0.39 is 0 Å². The van der Waals surface area contributed by atoms with Gasteiger partial charge in [0.05, 0.1) is 12.3 Å². The molecule has 2 aromatic heterocycles. The van der Waals surface area contributed by atoms with Crippen molar-refractivity contribution in [3.63, 3.8) is 0 Å². The first kappa shape index (κ1) is 24.7. The van der Waals surface area contributed by atoms with Gasteiger partial charge in [-0.3, -0.25) is 14.3 Å². The number of carbonyl (C=O) groups is 1. The van der Waals surface area contributed by atoms with Gasteiger partial charge in [-0.25, -0.2) is 0 Å². The highest BCUT2D eigenvalue weighted by atomic mass is 32.2. The number of benzene rings is 2. The standard InChI is InChI=1S/C28H31N5OS/c1-19(2)23-13-8-14-24(20(3)4)26(23)30-25(34)18-35-28-32-31-27(22-12-9-15-29-16-22)33(28)17-21-10-6-5-7-11-21/h5-16,19-20H,17-18H2,1-4H3,(H,30,34). The van der Waals surface area contributed by atoms with E-state index in [-0.39, 0.29) is 11.7 Å². The van der Waals surface area contributed by atoms with Gasteiger partial charge in [0, 0.05) is 23.6 Å². The molecule has 0 fully saturated rings. The van der Waals surface area contributed by atoms with Crippen LogP contribution in [0.3, 0.4) is 0 Å². The van der Waals surface area contributed by atoms with E-state index in [4.69, 9.17) is 0 Å². The van der Waals surface area contributed by atoms with Crippen LogP contribution in [0.2, 0.25) is 0 Å². The highest BCUT2D eigenvalue weighted by Gasteiger charge is 2.19. The molecule has 6 nitrogen and oxygen atoms in total. The number of aromatic nitrogens is 4. The molecule has 180 valence electrons. The van der Waals surface area contributed by atoms with Gasteiger partial charge in [0.15, 0.2) is 11.0 Å². The Labute approximate surface area is 211 Å². The predicted octanol–water partition coefficient (Wildman–Crippen LogP) is 6.37. The van der Waals surface area contributed by atoms with Crippen molar-refractivity contribution in [2.24, 2.45) is 0 Å². The smallest absolute Gasteiger partial charge is 0.234 e. The van der Waals surface area contributed by atoms with Crippen molar-refractivity contribution in [3.8, 4) is 11.4 Å². The minimum atomic E-state index is -0.0535. The summed E-state index contributed by atoms with van der Waals surface area (Å²) >= 11 is 1.39. The highest BCUT2D eigenvalue weighted by molar-refractivity contribution is 7.99. The van der Waals surface area contributed by atoms with Crippen molar-refractivity contribution in [2.45, 2.75) is 51.2 Å². The summed E-state index contributed by atoms with van der Waals surface area (Å²) < 4.78 is 2.05. The second-order valence-electron chi connectivity index (χ2n) is 9.08. The summed E-state index contributed by atoms with van der Waals surface area (Å²) in [5.41, 5.74) is 5.27. The third-order valence-electron chi connectivity index (χ3n) is 5.79. The molecular weight excluding hydrogens is 454 g/mol. The van der Waals surface area contributed by atoms with E-state index in [1.165, 1.54) is 11.8 Å². The van der Waals surface area contributed by atoms with Crippen LogP contribution >= 0.6 is 11.8 Å². The maximum absolute atomic E-state index is 13.1. The van der Waals surface area contributed by atoms with Crippen molar-refractivity contribution in [1.29, 1.82) is 0 Å². The molecular formula is C28H31N5OS. The number of pyridine rings is 1. The Bertz CT molecular complexity index is 1240. The van der Waals surface area contributed by atoms with Crippen LogP contribution in [0, 0.1) is 0 Å². The Kier molecular flexibility index (Phi) is 7.98. The summed E-state index contributed by atoms with van der Waals surface area (Å²) in [5.74, 6) is 1.55. The molecule has 0 unspecified atom stereocenters. The molecule has 0 aliphatic carbocycles. The minimum Gasteiger partial charge on any atom is -0.325 e. The van der Waals surface area contributed by atoms with Gasteiger partial charge in [0.2, 0.25) is 5.91 Å². The number of para-hydroxylation sites is 1. The van der Waals surface area contributed by atoms with Gasteiger partial charge >= 0.3 is 0 Å². The Morgan fingerprint density at radius 3 is 2.26 bits per heavy atom. The third-order valence-corrected chi connectivity index (χ3v) is 6.76. The summed E-state index contributed by atoms with van der Waals surface area (Å²) in [6.07, 6.45) is 3.52. The van der Waals surface area contributed by atoms with Gasteiger partial charge in [-0.1, -0.05) is 88.0 Å². The number of amides is 1. The lowest BCUT2D eigenvalue weighted by atomic mass is 9.92. The Balaban J connectivity index is 1.57. The van der Waals surface area contributed by atoms with E-state index in [1.807, 2.05) is 34.9 Å².